The Morgan fingerprint density at radius 3 is 2.83 bits per heavy atom. The molecule has 0 saturated carbocycles. The van der Waals surface area contributed by atoms with Gasteiger partial charge in [-0.15, -0.1) is 0 Å². The van der Waals surface area contributed by atoms with Gasteiger partial charge in [-0.3, -0.25) is 0 Å². The van der Waals surface area contributed by atoms with Gasteiger partial charge in [0.15, 0.2) is 0 Å². The molecule has 0 spiro atoms. The highest BCUT2D eigenvalue weighted by molar-refractivity contribution is 6.32. The molecule has 1 heterocycles. The van der Waals surface area contributed by atoms with Crippen LogP contribution in [0.15, 0.2) is 12.1 Å². The summed E-state index contributed by atoms with van der Waals surface area (Å²) in [6, 6.07) is 4.69. The molecule has 1 aliphatic rings. The maximum absolute atomic E-state index is 6.22. The third-order valence-electron chi connectivity index (χ3n) is 3.50. The van der Waals surface area contributed by atoms with Gasteiger partial charge in [0, 0.05) is 6.04 Å². The molecular weight excluding hydrogens is 246 g/mol. The van der Waals surface area contributed by atoms with Crippen LogP contribution in [0.25, 0.3) is 0 Å². The van der Waals surface area contributed by atoms with Gasteiger partial charge in [0.2, 0.25) is 0 Å². The lowest BCUT2D eigenvalue weighted by atomic mass is 10.0. The molecule has 100 valence electrons. The first kappa shape index (κ1) is 13.7. The predicted molar refractivity (Wildman–Crippen MR) is 76.7 cm³/mol. The zero-order chi connectivity index (χ0) is 13.0. The van der Waals surface area contributed by atoms with Crippen molar-refractivity contribution in [2.24, 2.45) is 0 Å². The number of ether oxygens (including phenoxy) is 1. The molecule has 1 N–H and O–H groups in total. The number of benzene rings is 1. The molecule has 1 aromatic rings. The van der Waals surface area contributed by atoms with Gasteiger partial charge in [-0.25, -0.2) is 0 Å². The highest BCUT2D eigenvalue weighted by atomic mass is 35.5. The molecule has 2 rings (SSSR count). The second kappa shape index (κ2) is 6.44. The minimum Gasteiger partial charge on any atom is -0.492 e. The zero-order valence-electron chi connectivity index (χ0n) is 11.3. The highest BCUT2D eigenvalue weighted by Gasteiger charge is 2.13. The number of halogens is 1. The molecule has 1 atom stereocenters. The third kappa shape index (κ3) is 3.63. The van der Waals surface area contributed by atoms with Crippen molar-refractivity contribution in [1.82, 2.24) is 5.32 Å². The molecule has 0 radical (unpaired) electrons. The summed E-state index contributed by atoms with van der Waals surface area (Å²) in [4.78, 5) is 0. The number of piperidine rings is 1. The summed E-state index contributed by atoms with van der Waals surface area (Å²) >= 11 is 6.22. The molecule has 3 heteroatoms. The van der Waals surface area contributed by atoms with Crippen LogP contribution < -0.4 is 10.1 Å². The summed E-state index contributed by atoms with van der Waals surface area (Å²) in [7, 11) is 0. The Kier molecular flexibility index (Phi) is 4.90. The first-order valence-electron chi connectivity index (χ1n) is 6.80. The van der Waals surface area contributed by atoms with E-state index in [1.807, 2.05) is 13.0 Å². The van der Waals surface area contributed by atoms with Gasteiger partial charge in [0.1, 0.15) is 5.75 Å². The fourth-order valence-electron chi connectivity index (χ4n) is 2.56. The lowest BCUT2D eigenvalue weighted by molar-refractivity contribution is 0.267. The van der Waals surface area contributed by atoms with Crippen LogP contribution in [0.1, 0.15) is 36.8 Å². The topological polar surface area (TPSA) is 21.3 Å². The first-order chi connectivity index (χ1) is 8.66. The van der Waals surface area contributed by atoms with Crippen LogP contribution in [0.4, 0.5) is 0 Å². The van der Waals surface area contributed by atoms with Crippen LogP contribution in [0, 0.1) is 13.8 Å². The number of rotatable bonds is 4. The lowest BCUT2D eigenvalue weighted by Crippen LogP contribution is -2.35. The highest BCUT2D eigenvalue weighted by Crippen LogP contribution is 2.30. The van der Waals surface area contributed by atoms with Crippen LogP contribution in [-0.2, 0) is 0 Å². The molecule has 0 bridgehead atoms. The zero-order valence-corrected chi connectivity index (χ0v) is 12.0. The van der Waals surface area contributed by atoms with Gasteiger partial charge >= 0.3 is 0 Å². The molecule has 1 saturated heterocycles. The predicted octanol–water partition coefficient (Wildman–Crippen LogP) is 3.87. The molecule has 18 heavy (non-hydrogen) atoms. The summed E-state index contributed by atoms with van der Waals surface area (Å²) in [5.74, 6) is 0.845. The smallest absolute Gasteiger partial charge is 0.140 e. The molecule has 1 fully saturated rings. The van der Waals surface area contributed by atoms with Crippen LogP contribution in [0.2, 0.25) is 5.02 Å². The van der Waals surface area contributed by atoms with Crippen LogP contribution in [-0.4, -0.2) is 19.2 Å². The SMILES string of the molecule is Cc1cc(C)c(OCC[C@@H]2CCCCN2)c(Cl)c1. The van der Waals surface area contributed by atoms with Gasteiger partial charge in [-0.2, -0.15) is 0 Å². The third-order valence-corrected chi connectivity index (χ3v) is 3.78. The minimum absolute atomic E-state index is 0.614. The summed E-state index contributed by atoms with van der Waals surface area (Å²) in [6.07, 6.45) is 4.97. The van der Waals surface area contributed by atoms with Crippen molar-refractivity contribution in [3.63, 3.8) is 0 Å². The van der Waals surface area contributed by atoms with Crippen LogP contribution in [0.5, 0.6) is 5.75 Å². The van der Waals surface area contributed by atoms with E-state index in [0.717, 1.165) is 35.9 Å². The largest absolute Gasteiger partial charge is 0.492 e. The number of nitrogens with one attached hydrogen (secondary N) is 1. The van der Waals surface area contributed by atoms with Crippen molar-refractivity contribution in [2.75, 3.05) is 13.2 Å². The van der Waals surface area contributed by atoms with Gasteiger partial charge in [0.25, 0.3) is 0 Å². The molecule has 0 unspecified atom stereocenters. The standard InChI is InChI=1S/C15H22ClNO/c1-11-9-12(2)15(14(16)10-11)18-8-6-13-5-3-4-7-17-13/h9-10,13,17H,3-8H2,1-2H3/t13-/m0/s1. The Morgan fingerprint density at radius 2 is 2.17 bits per heavy atom. The van der Waals surface area contributed by atoms with Crippen molar-refractivity contribution in [3.05, 3.63) is 28.3 Å². The lowest BCUT2D eigenvalue weighted by Gasteiger charge is -2.23. The fourth-order valence-corrected chi connectivity index (χ4v) is 2.93. The quantitative estimate of drug-likeness (QED) is 0.894. The van der Waals surface area contributed by atoms with E-state index in [9.17, 15) is 0 Å². The fraction of sp³-hybridized carbons (Fsp3) is 0.600. The van der Waals surface area contributed by atoms with E-state index in [1.54, 1.807) is 0 Å². The summed E-state index contributed by atoms with van der Waals surface area (Å²) in [5.41, 5.74) is 2.30. The minimum atomic E-state index is 0.614. The molecule has 1 aromatic carbocycles. The van der Waals surface area contributed by atoms with Crippen molar-refractivity contribution >= 4 is 11.6 Å². The first-order valence-corrected chi connectivity index (χ1v) is 7.17. The van der Waals surface area contributed by atoms with Crippen molar-refractivity contribution in [3.8, 4) is 5.75 Å². The number of hydrogen-bond donors (Lipinski definition) is 1. The molecule has 0 aliphatic carbocycles. The van der Waals surface area contributed by atoms with Gasteiger partial charge in [-0.1, -0.05) is 24.1 Å². The summed E-state index contributed by atoms with van der Waals surface area (Å²) in [5, 5.41) is 4.26. The van der Waals surface area contributed by atoms with Crippen LogP contribution >= 0.6 is 11.6 Å². The second-order valence-electron chi connectivity index (χ2n) is 5.18. The molecular formula is C15H22ClNO. The monoisotopic (exact) mass is 267 g/mol. The Bertz CT molecular complexity index is 376. The van der Waals surface area contributed by atoms with Crippen molar-refractivity contribution < 1.29 is 4.74 Å². The average molecular weight is 268 g/mol. The van der Waals surface area contributed by atoms with Crippen LogP contribution in [0.3, 0.4) is 0 Å². The van der Waals surface area contributed by atoms with E-state index in [1.165, 1.54) is 24.8 Å². The number of hydrogen-bond acceptors (Lipinski definition) is 2. The Labute approximate surface area is 115 Å². The molecule has 0 amide bonds. The average Bonchev–Trinajstić information content (AvgIpc) is 2.34. The summed E-state index contributed by atoms with van der Waals surface area (Å²) in [6.45, 7) is 5.98. The summed E-state index contributed by atoms with van der Waals surface area (Å²) < 4.78 is 5.85. The van der Waals surface area contributed by atoms with E-state index >= 15 is 0 Å². The molecule has 0 aromatic heterocycles. The van der Waals surface area contributed by atoms with E-state index in [2.05, 4.69) is 18.3 Å². The van der Waals surface area contributed by atoms with Crippen molar-refractivity contribution in [1.29, 1.82) is 0 Å². The molecule has 2 nitrogen and oxygen atoms in total. The maximum Gasteiger partial charge on any atom is 0.140 e. The molecule has 1 aliphatic heterocycles. The van der Waals surface area contributed by atoms with Gasteiger partial charge in [-0.05, 0) is 56.8 Å². The Morgan fingerprint density at radius 1 is 1.33 bits per heavy atom. The Balaban J connectivity index is 1.86. The van der Waals surface area contributed by atoms with E-state index in [-0.39, 0.29) is 0 Å². The number of aryl methyl sites for hydroxylation is 2. The Hall–Kier alpha value is -0.730. The van der Waals surface area contributed by atoms with Crippen molar-refractivity contribution in [2.45, 2.75) is 45.6 Å². The normalized spacial score (nSPS) is 19.8. The van der Waals surface area contributed by atoms with E-state index in [4.69, 9.17) is 16.3 Å². The van der Waals surface area contributed by atoms with Gasteiger partial charge in [0.05, 0.1) is 11.6 Å². The maximum atomic E-state index is 6.22. The second-order valence-corrected chi connectivity index (χ2v) is 5.58. The van der Waals surface area contributed by atoms with Gasteiger partial charge < -0.3 is 10.1 Å². The van der Waals surface area contributed by atoms with E-state index in [0.29, 0.717) is 6.04 Å². The van der Waals surface area contributed by atoms with E-state index < -0.39 is 0 Å².